The smallest absolute Gasteiger partial charge is 1.00 e. The zero-order valence-corrected chi connectivity index (χ0v) is 34.0. The number of benzene rings is 4. The van der Waals surface area contributed by atoms with Crippen LogP contribution < -0.4 is 46.3 Å². The molecule has 58 heavy (non-hydrogen) atoms. The molecule has 8 nitrogen and oxygen atoms in total. The van der Waals surface area contributed by atoms with Gasteiger partial charge in [-0.2, -0.15) is 0 Å². The molecule has 8 bridgehead atoms. The van der Waals surface area contributed by atoms with E-state index in [4.69, 9.17) is 33.9 Å². The molecule has 286 valence electrons. The molecule has 9 rings (SSSR count). The second-order valence-corrected chi connectivity index (χ2v) is 13.3. The van der Waals surface area contributed by atoms with E-state index in [0.717, 1.165) is 112 Å². The van der Waals surface area contributed by atoms with E-state index in [1.165, 1.54) is 0 Å². The van der Waals surface area contributed by atoms with Gasteiger partial charge in [0.1, 0.15) is 23.0 Å². The van der Waals surface area contributed by atoms with E-state index >= 15 is 0 Å². The second kappa shape index (κ2) is 16.9. The van der Waals surface area contributed by atoms with Crippen molar-refractivity contribution in [1.29, 1.82) is 0 Å². The van der Waals surface area contributed by atoms with Crippen molar-refractivity contribution in [1.82, 2.24) is 15.0 Å². The van der Waals surface area contributed by atoms with E-state index < -0.39 is 0 Å². The van der Waals surface area contributed by atoms with Gasteiger partial charge in [-0.15, -0.1) is 22.1 Å². The first kappa shape index (κ1) is 39.7. The van der Waals surface area contributed by atoms with Crippen molar-refractivity contribution >= 4 is 46.4 Å². The Morgan fingerprint density at radius 1 is 0.379 bits per heavy atom. The Labute approximate surface area is 353 Å². The molecule has 0 saturated heterocycles. The molecule has 0 atom stereocenters. The van der Waals surface area contributed by atoms with Crippen LogP contribution in [-0.4, -0.2) is 33.4 Å². The monoisotopic (exact) mass is 823 g/mol. The number of methoxy groups -OCH3 is 4. The molecule has 10 heteroatoms. The van der Waals surface area contributed by atoms with E-state index in [0.29, 0.717) is 0 Å². The molecule has 7 aromatic rings. The number of hydrogen-bond donors (Lipinski definition) is 0. The minimum absolute atomic E-state index is 0. The van der Waals surface area contributed by atoms with Gasteiger partial charge in [0.15, 0.2) is 0 Å². The Hall–Kier alpha value is -6.51. The molecular formula is C48H37ClMnN4O4+. The fourth-order valence-electron chi connectivity index (χ4n) is 7.38. The van der Waals surface area contributed by atoms with E-state index in [1.807, 2.05) is 48.5 Å². The van der Waals surface area contributed by atoms with Crippen LogP contribution in [0.2, 0.25) is 0 Å². The maximum absolute atomic E-state index is 5.53. The topological polar surface area (TPSA) is 92.2 Å². The number of ether oxygens (including phenoxy) is 4. The number of rotatable bonds is 8. The number of hydrogen-bond acceptors (Lipinski definition) is 5. The minimum atomic E-state index is 0. The van der Waals surface area contributed by atoms with Crippen molar-refractivity contribution in [3.63, 3.8) is 0 Å². The molecule has 0 amide bonds. The predicted octanol–water partition coefficient (Wildman–Crippen LogP) is 7.04. The van der Waals surface area contributed by atoms with Gasteiger partial charge in [-0.1, -0.05) is 72.8 Å². The minimum Gasteiger partial charge on any atom is -1.00 e. The van der Waals surface area contributed by atoms with Crippen LogP contribution in [0.15, 0.2) is 121 Å². The zero-order chi connectivity index (χ0) is 38.2. The molecule has 0 fully saturated rings. The number of H-pyrrole nitrogens is 1. The third-order valence-electron chi connectivity index (χ3n) is 10.2. The summed E-state index contributed by atoms with van der Waals surface area (Å²) in [5.41, 5.74) is 14.2. The standard InChI is InChI=1S/C48H36N4O4.ClH.Mn/c1-53-33-13-5-29(6-14-33)45-37-21-23-39(49-37)46(30-7-15-34(54-2)16-8-30)41-25-27-43(51-41)48(32-11-19-36(56-4)20-12-32)44-28-26-42(52-44)47(40-24-22-38(45)50-40)31-9-17-35(55-3)18-10-31;;/h5-28H,1-4H3;1H;/q-2;;+3. The molecule has 3 aromatic heterocycles. The van der Waals surface area contributed by atoms with Gasteiger partial charge in [-0.05, 0) is 94.1 Å². The summed E-state index contributed by atoms with van der Waals surface area (Å²) in [6.45, 7) is 0. The molecule has 0 unspecified atom stereocenters. The van der Waals surface area contributed by atoms with Gasteiger partial charge < -0.3 is 41.3 Å². The maximum Gasteiger partial charge on any atom is 3.00 e. The van der Waals surface area contributed by atoms with E-state index in [1.54, 1.807) is 28.4 Å². The Bertz CT molecular complexity index is 2450. The Kier molecular flexibility index (Phi) is 11.6. The van der Waals surface area contributed by atoms with Gasteiger partial charge in [0, 0.05) is 23.3 Å². The average molecular weight is 824 g/mol. The molecule has 0 radical (unpaired) electrons. The number of halogens is 1. The first-order valence-electron chi connectivity index (χ1n) is 18.2. The SMILES string of the molecule is COc1ccc(-c2c3nc(c(-c4ccc(OC)cc4)c4ccc([n-]4)c(-c4ccc(OC)cc4)c4[nH+]c(c(-c5ccc(OC)cc5)c5ccc2[n-]5)C=C4)C=C3)cc1.[Cl-].[Mn+3]. The Morgan fingerprint density at radius 2 is 0.655 bits per heavy atom. The zero-order valence-electron chi connectivity index (χ0n) is 32.1. The summed E-state index contributed by atoms with van der Waals surface area (Å²) in [6, 6.07) is 40.5. The number of nitrogens with one attached hydrogen (secondary N) is 1. The third kappa shape index (κ3) is 7.39. The van der Waals surface area contributed by atoms with Gasteiger partial charge in [-0.3, -0.25) is 0 Å². The van der Waals surface area contributed by atoms with Crippen LogP contribution in [-0.2, 0) is 17.1 Å². The molecule has 2 aliphatic rings. The van der Waals surface area contributed by atoms with Gasteiger partial charge in [0.05, 0.1) is 39.8 Å². The van der Waals surface area contributed by atoms with Crippen molar-refractivity contribution in [2.45, 2.75) is 0 Å². The summed E-state index contributed by atoms with van der Waals surface area (Å²) >= 11 is 0. The Morgan fingerprint density at radius 3 is 0.948 bits per heavy atom. The van der Waals surface area contributed by atoms with Crippen molar-refractivity contribution in [2.24, 2.45) is 0 Å². The molecule has 1 N–H and O–H groups in total. The van der Waals surface area contributed by atoms with Crippen molar-refractivity contribution in [2.75, 3.05) is 28.4 Å². The van der Waals surface area contributed by atoms with Gasteiger partial charge in [-0.25, -0.2) is 9.97 Å². The van der Waals surface area contributed by atoms with Crippen LogP contribution >= 0.6 is 0 Å². The third-order valence-corrected chi connectivity index (χ3v) is 10.2. The van der Waals surface area contributed by atoms with Crippen molar-refractivity contribution in [3.8, 4) is 67.5 Å². The molecule has 5 heterocycles. The summed E-state index contributed by atoms with van der Waals surface area (Å²) in [5, 5.41) is 0. The molecular weight excluding hydrogens is 787 g/mol. The quantitative estimate of drug-likeness (QED) is 0.152. The number of aromatic amines is 1. The van der Waals surface area contributed by atoms with Gasteiger partial charge in [0.2, 0.25) is 11.4 Å². The molecule has 0 spiro atoms. The van der Waals surface area contributed by atoms with Gasteiger partial charge >= 0.3 is 17.1 Å². The summed E-state index contributed by atoms with van der Waals surface area (Å²) in [6.07, 6.45) is 8.36. The summed E-state index contributed by atoms with van der Waals surface area (Å²) < 4.78 is 22.1. The largest absolute Gasteiger partial charge is 3.00 e. The van der Waals surface area contributed by atoms with Crippen LogP contribution in [0.4, 0.5) is 0 Å². The summed E-state index contributed by atoms with van der Waals surface area (Å²) in [5.74, 6) is 3.09. The van der Waals surface area contributed by atoms with E-state index in [2.05, 4.69) is 102 Å². The Balaban J connectivity index is 0.00000256. The second-order valence-electron chi connectivity index (χ2n) is 13.3. The average Bonchev–Trinajstić information content (AvgIpc) is 4.10. The van der Waals surface area contributed by atoms with Crippen molar-refractivity contribution in [3.05, 3.63) is 144 Å². The van der Waals surface area contributed by atoms with Crippen LogP contribution in [0.1, 0.15) is 22.8 Å². The number of fused-ring (bicyclic) bond motifs is 8. The van der Waals surface area contributed by atoms with Crippen molar-refractivity contribution < 1.29 is 53.4 Å². The summed E-state index contributed by atoms with van der Waals surface area (Å²) in [7, 11) is 6.69. The molecule has 4 aromatic carbocycles. The van der Waals surface area contributed by atoms with E-state index in [9.17, 15) is 0 Å². The first-order valence-corrected chi connectivity index (χ1v) is 18.2. The van der Waals surface area contributed by atoms with Crippen LogP contribution in [0.25, 0.3) is 90.9 Å². The molecule has 0 saturated carbocycles. The normalized spacial score (nSPS) is 11.4. The fourth-order valence-corrected chi connectivity index (χ4v) is 7.38. The fraction of sp³-hybridized carbons (Fsp3) is 0.0833. The van der Waals surface area contributed by atoms with Crippen LogP contribution in [0, 0.1) is 0 Å². The molecule has 0 aliphatic carbocycles. The van der Waals surface area contributed by atoms with Gasteiger partial charge in [0.25, 0.3) is 0 Å². The number of aromatic nitrogens is 4. The number of nitrogens with zero attached hydrogens (tertiary/aromatic N) is 3. The summed E-state index contributed by atoms with van der Waals surface area (Å²) in [4.78, 5) is 19.9. The first-order chi connectivity index (χ1) is 27.5. The van der Waals surface area contributed by atoms with Crippen LogP contribution in [0.3, 0.4) is 0 Å². The van der Waals surface area contributed by atoms with E-state index in [-0.39, 0.29) is 29.5 Å². The molecule has 2 aliphatic heterocycles. The van der Waals surface area contributed by atoms with Crippen LogP contribution in [0.5, 0.6) is 23.0 Å². The predicted molar refractivity (Wildman–Crippen MR) is 224 cm³/mol. The maximum atomic E-state index is 5.53.